The van der Waals surface area contributed by atoms with Crippen LogP contribution in [0.4, 0.5) is 0 Å². The van der Waals surface area contributed by atoms with Gasteiger partial charge < -0.3 is 15.4 Å². The first-order chi connectivity index (χ1) is 11.0. The van der Waals surface area contributed by atoms with Gasteiger partial charge in [-0.1, -0.05) is 0 Å². The van der Waals surface area contributed by atoms with Crippen molar-refractivity contribution in [1.82, 2.24) is 25.3 Å². The molecular formula is C16H30N6O. The number of aryl methyl sites for hydroxylation is 1. The van der Waals surface area contributed by atoms with Crippen molar-refractivity contribution in [2.45, 2.75) is 32.9 Å². The minimum absolute atomic E-state index is 0.0699. The molecule has 1 aromatic heterocycles. The van der Waals surface area contributed by atoms with Crippen molar-refractivity contribution in [3.05, 3.63) is 18.0 Å². The fraction of sp³-hybridized carbons (Fsp3) is 0.750. The highest BCUT2D eigenvalue weighted by molar-refractivity contribution is 5.79. The van der Waals surface area contributed by atoms with Gasteiger partial charge in [0.15, 0.2) is 5.96 Å². The van der Waals surface area contributed by atoms with Crippen LogP contribution in [0.2, 0.25) is 0 Å². The minimum atomic E-state index is 0.0699. The molecule has 0 spiro atoms. The summed E-state index contributed by atoms with van der Waals surface area (Å²) in [6, 6.07) is 0. The van der Waals surface area contributed by atoms with Gasteiger partial charge in [-0.2, -0.15) is 5.10 Å². The molecule has 1 fully saturated rings. The normalized spacial score (nSPS) is 17.3. The first kappa shape index (κ1) is 17.7. The smallest absolute Gasteiger partial charge is 0.191 e. The van der Waals surface area contributed by atoms with Gasteiger partial charge >= 0.3 is 0 Å². The highest BCUT2D eigenvalue weighted by Gasteiger charge is 2.28. The monoisotopic (exact) mass is 322 g/mol. The van der Waals surface area contributed by atoms with Gasteiger partial charge in [0.25, 0.3) is 0 Å². The van der Waals surface area contributed by atoms with E-state index in [-0.39, 0.29) is 5.54 Å². The van der Waals surface area contributed by atoms with Crippen molar-refractivity contribution >= 4 is 5.96 Å². The molecule has 2 heterocycles. The Morgan fingerprint density at radius 2 is 2.09 bits per heavy atom. The molecule has 0 atom stereocenters. The maximum Gasteiger partial charge on any atom is 0.191 e. The minimum Gasteiger partial charge on any atom is -0.379 e. The molecule has 0 radical (unpaired) electrons. The second-order valence-electron chi connectivity index (χ2n) is 6.55. The lowest BCUT2D eigenvalue weighted by atomic mass is 10.0. The first-order valence-corrected chi connectivity index (χ1v) is 8.27. The second kappa shape index (κ2) is 8.31. The van der Waals surface area contributed by atoms with Crippen LogP contribution in [0.15, 0.2) is 17.4 Å². The van der Waals surface area contributed by atoms with Crippen LogP contribution < -0.4 is 10.6 Å². The molecule has 0 saturated carbocycles. The van der Waals surface area contributed by atoms with Crippen LogP contribution in [0.1, 0.15) is 19.4 Å². The highest BCUT2D eigenvalue weighted by atomic mass is 16.5. The molecule has 1 aliphatic heterocycles. The van der Waals surface area contributed by atoms with Crippen LogP contribution >= 0.6 is 0 Å². The van der Waals surface area contributed by atoms with E-state index in [0.717, 1.165) is 51.9 Å². The topological polar surface area (TPSA) is 66.7 Å². The van der Waals surface area contributed by atoms with Crippen LogP contribution in [0, 0.1) is 6.92 Å². The average Bonchev–Trinajstić information content (AvgIpc) is 2.97. The molecule has 0 aliphatic carbocycles. The molecule has 2 rings (SSSR count). The Bertz CT molecular complexity index is 504. The number of hydrogen-bond donors (Lipinski definition) is 2. The fourth-order valence-corrected chi connectivity index (χ4v) is 2.68. The van der Waals surface area contributed by atoms with Crippen LogP contribution in [0.25, 0.3) is 0 Å². The Labute approximate surface area is 139 Å². The standard InChI is InChI=1S/C16H30N6O/c1-14-11-20-22(12-14)6-5-18-15(17-4)19-13-16(2,3)21-7-9-23-10-8-21/h11-12H,5-10,13H2,1-4H3,(H2,17,18,19). The van der Waals surface area contributed by atoms with Crippen molar-refractivity contribution in [1.29, 1.82) is 0 Å². The number of ether oxygens (including phenoxy) is 1. The summed E-state index contributed by atoms with van der Waals surface area (Å²) in [5.74, 6) is 0.829. The summed E-state index contributed by atoms with van der Waals surface area (Å²) >= 11 is 0. The first-order valence-electron chi connectivity index (χ1n) is 8.27. The summed E-state index contributed by atoms with van der Waals surface area (Å²) in [6.07, 6.45) is 3.91. The Morgan fingerprint density at radius 1 is 1.35 bits per heavy atom. The van der Waals surface area contributed by atoms with E-state index >= 15 is 0 Å². The van der Waals surface area contributed by atoms with Gasteiger partial charge in [0.2, 0.25) is 0 Å². The Morgan fingerprint density at radius 3 is 2.70 bits per heavy atom. The predicted octanol–water partition coefficient (Wildman–Crippen LogP) is 0.467. The summed E-state index contributed by atoms with van der Waals surface area (Å²) in [4.78, 5) is 6.76. The highest BCUT2D eigenvalue weighted by Crippen LogP contribution is 2.14. The number of aromatic nitrogens is 2. The van der Waals surface area contributed by atoms with E-state index in [2.05, 4.69) is 39.5 Å². The van der Waals surface area contributed by atoms with E-state index in [1.165, 1.54) is 5.56 Å². The van der Waals surface area contributed by atoms with Crippen molar-refractivity contribution < 1.29 is 4.74 Å². The van der Waals surface area contributed by atoms with Gasteiger partial charge in [0, 0.05) is 45.0 Å². The van der Waals surface area contributed by atoms with E-state index < -0.39 is 0 Å². The summed E-state index contributed by atoms with van der Waals surface area (Å²) in [5, 5.41) is 11.0. The number of nitrogens with one attached hydrogen (secondary N) is 2. The van der Waals surface area contributed by atoms with Crippen molar-refractivity contribution in [3.63, 3.8) is 0 Å². The zero-order chi connectivity index (χ0) is 16.7. The maximum absolute atomic E-state index is 5.43. The van der Waals surface area contributed by atoms with Crippen molar-refractivity contribution in [3.8, 4) is 0 Å². The Kier molecular flexibility index (Phi) is 6.41. The van der Waals surface area contributed by atoms with Crippen LogP contribution in [0.3, 0.4) is 0 Å². The molecule has 0 bridgehead atoms. The number of aliphatic imine (C=N–C) groups is 1. The molecule has 1 aliphatic rings. The molecule has 0 unspecified atom stereocenters. The average molecular weight is 322 g/mol. The van der Waals surface area contributed by atoms with Crippen molar-refractivity contribution in [2.24, 2.45) is 4.99 Å². The zero-order valence-corrected chi connectivity index (χ0v) is 14.8. The molecule has 23 heavy (non-hydrogen) atoms. The number of morpholine rings is 1. The molecule has 7 nitrogen and oxygen atoms in total. The fourth-order valence-electron chi connectivity index (χ4n) is 2.68. The summed E-state index contributed by atoms with van der Waals surface area (Å²) in [5.41, 5.74) is 1.25. The van der Waals surface area contributed by atoms with Gasteiger partial charge in [0.05, 0.1) is 26.0 Å². The van der Waals surface area contributed by atoms with Crippen LogP contribution in [0.5, 0.6) is 0 Å². The quantitative estimate of drug-likeness (QED) is 0.589. The third-order valence-corrected chi connectivity index (χ3v) is 4.17. The largest absolute Gasteiger partial charge is 0.379 e. The van der Waals surface area contributed by atoms with E-state index in [9.17, 15) is 0 Å². The van der Waals surface area contributed by atoms with Gasteiger partial charge in [0.1, 0.15) is 0 Å². The van der Waals surface area contributed by atoms with E-state index in [4.69, 9.17) is 4.74 Å². The van der Waals surface area contributed by atoms with E-state index in [1.807, 2.05) is 24.0 Å². The van der Waals surface area contributed by atoms with Crippen LogP contribution in [-0.2, 0) is 11.3 Å². The number of nitrogens with zero attached hydrogens (tertiary/aromatic N) is 4. The molecule has 2 N–H and O–H groups in total. The summed E-state index contributed by atoms with van der Waals surface area (Å²) < 4.78 is 7.37. The third-order valence-electron chi connectivity index (χ3n) is 4.17. The van der Waals surface area contributed by atoms with Crippen LogP contribution in [-0.4, -0.2) is 72.6 Å². The van der Waals surface area contributed by atoms with E-state index in [0.29, 0.717) is 0 Å². The SMILES string of the molecule is CN=C(NCCn1cc(C)cn1)NCC(C)(C)N1CCOCC1. The molecular weight excluding hydrogens is 292 g/mol. The molecule has 1 aromatic rings. The third kappa shape index (κ3) is 5.51. The molecule has 7 heteroatoms. The number of guanidine groups is 1. The summed E-state index contributed by atoms with van der Waals surface area (Å²) in [7, 11) is 1.80. The molecule has 0 amide bonds. The maximum atomic E-state index is 5.43. The predicted molar refractivity (Wildman–Crippen MR) is 92.8 cm³/mol. The molecule has 1 saturated heterocycles. The molecule has 0 aromatic carbocycles. The molecule has 130 valence electrons. The lowest BCUT2D eigenvalue weighted by molar-refractivity contribution is -0.00834. The number of hydrogen-bond acceptors (Lipinski definition) is 4. The lowest BCUT2D eigenvalue weighted by Gasteiger charge is -2.41. The van der Waals surface area contributed by atoms with Gasteiger partial charge in [-0.25, -0.2) is 0 Å². The van der Waals surface area contributed by atoms with Gasteiger partial charge in [-0.05, 0) is 26.3 Å². The number of rotatable bonds is 6. The van der Waals surface area contributed by atoms with Crippen molar-refractivity contribution in [2.75, 3.05) is 46.4 Å². The van der Waals surface area contributed by atoms with Gasteiger partial charge in [-0.3, -0.25) is 14.6 Å². The summed E-state index contributed by atoms with van der Waals surface area (Å²) in [6.45, 7) is 12.6. The van der Waals surface area contributed by atoms with E-state index in [1.54, 1.807) is 7.05 Å². The second-order valence-corrected chi connectivity index (χ2v) is 6.55. The zero-order valence-electron chi connectivity index (χ0n) is 14.8. The van der Waals surface area contributed by atoms with Gasteiger partial charge in [-0.15, -0.1) is 0 Å². The lowest BCUT2D eigenvalue weighted by Crippen LogP contribution is -2.56. The Balaban J connectivity index is 1.73. The Hall–Kier alpha value is -1.60.